The van der Waals surface area contributed by atoms with E-state index < -0.39 is 22.5 Å². The van der Waals surface area contributed by atoms with Gasteiger partial charge in [0, 0.05) is 3.57 Å². The molecule has 2 aromatic rings. The third-order valence-corrected chi connectivity index (χ3v) is 4.92. The molecule has 0 saturated heterocycles. The van der Waals surface area contributed by atoms with Crippen LogP contribution < -0.4 is 9.46 Å². The van der Waals surface area contributed by atoms with Crippen molar-refractivity contribution in [2.45, 2.75) is 11.8 Å². The van der Waals surface area contributed by atoms with Gasteiger partial charge in [-0.3, -0.25) is 4.79 Å². The third-order valence-electron chi connectivity index (χ3n) is 2.78. The van der Waals surface area contributed by atoms with Crippen molar-refractivity contribution >= 4 is 38.6 Å². The minimum Gasteiger partial charge on any atom is -0.426 e. The average molecular weight is 431 g/mol. The van der Waals surface area contributed by atoms with E-state index in [4.69, 9.17) is 4.74 Å². The van der Waals surface area contributed by atoms with E-state index in [-0.39, 0.29) is 4.90 Å². The SMILES string of the molecule is Cc1ccc(S(=O)(=O)NCC(=O)Oc2ccc(I)cc2)cc1. The lowest BCUT2D eigenvalue weighted by molar-refractivity contribution is -0.133. The number of nitrogens with one attached hydrogen (secondary N) is 1. The van der Waals surface area contributed by atoms with Crippen molar-refractivity contribution in [2.75, 3.05) is 6.54 Å². The Morgan fingerprint density at radius 3 is 2.27 bits per heavy atom. The molecule has 0 spiro atoms. The van der Waals surface area contributed by atoms with Crippen molar-refractivity contribution in [2.24, 2.45) is 0 Å². The fourth-order valence-electron chi connectivity index (χ4n) is 1.62. The molecule has 2 aromatic carbocycles. The number of carbonyl (C=O) groups excluding carboxylic acids is 1. The molecule has 7 heteroatoms. The predicted molar refractivity (Wildman–Crippen MR) is 91.2 cm³/mol. The van der Waals surface area contributed by atoms with Crippen LogP contribution in [0.5, 0.6) is 5.75 Å². The number of halogens is 1. The number of sulfonamides is 1. The maximum Gasteiger partial charge on any atom is 0.326 e. The molecule has 0 atom stereocenters. The maximum atomic E-state index is 12.0. The van der Waals surface area contributed by atoms with Gasteiger partial charge in [0.2, 0.25) is 10.0 Å². The highest BCUT2D eigenvalue weighted by Crippen LogP contribution is 2.14. The number of ether oxygens (including phenoxy) is 1. The van der Waals surface area contributed by atoms with Crippen molar-refractivity contribution in [3.8, 4) is 5.75 Å². The second-order valence-electron chi connectivity index (χ2n) is 4.57. The smallest absolute Gasteiger partial charge is 0.326 e. The van der Waals surface area contributed by atoms with Crippen LogP contribution in [0.15, 0.2) is 53.4 Å². The van der Waals surface area contributed by atoms with E-state index in [1.54, 1.807) is 36.4 Å². The Bertz CT molecular complexity index is 755. The Morgan fingerprint density at radius 1 is 1.09 bits per heavy atom. The first-order chi connectivity index (χ1) is 10.4. The molecule has 0 aliphatic rings. The number of rotatable bonds is 5. The van der Waals surface area contributed by atoms with E-state index >= 15 is 0 Å². The summed E-state index contributed by atoms with van der Waals surface area (Å²) >= 11 is 2.13. The summed E-state index contributed by atoms with van der Waals surface area (Å²) in [4.78, 5) is 11.8. The standard InChI is InChI=1S/C15H14INO4S/c1-11-2-8-14(9-3-11)22(19,20)17-10-15(18)21-13-6-4-12(16)5-7-13/h2-9,17H,10H2,1H3. The van der Waals surface area contributed by atoms with Crippen LogP contribution in [0.2, 0.25) is 0 Å². The Balaban J connectivity index is 1.95. The van der Waals surface area contributed by atoms with Crippen molar-refractivity contribution in [3.05, 3.63) is 57.7 Å². The van der Waals surface area contributed by atoms with Crippen molar-refractivity contribution in [1.82, 2.24) is 4.72 Å². The molecule has 0 radical (unpaired) electrons. The van der Waals surface area contributed by atoms with Crippen LogP contribution in [0.4, 0.5) is 0 Å². The highest BCUT2D eigenvalue weighted by molar-refractivity contribution is 14.1. The van der Waals surface area contributed by atoms with Crippen LogP contribution >= 0.6 is 22.6 Å². The molecule has 0 saturated carbocycles. The van der Waals surface area contributed by atoms with E-state index in [0.717, 1.165) is 9.13 Å². The zero-order valence-electron chi connectivity index (χ0n) is 11.7. The number of aryl methyl sites for hydroxylation is 1. The van der Waals surface area contributed by atoms with Crippen LogP contribution in [0.3, 0.4) is 0 Å². The Kier molecular flexibility index (Phi) is 5.54. The van der Waals surface area contributed by atoms with E-state index in [2.05, 4.69) is 27.3 Å². The van der Waals surface area contributed by atoms with E-state index in [1.165, 1.54) is 12.1 Å². The summed E-state index contributed by atoms with van der Waals surface area (Å²) in [6.45, 7) is 1.43. The molecule has 0 heterocycles. The third kappa shape index (κ3) is 4.79. The first kappa shape index (κ1) is 16.9. The van der Waals surface area contributed by atoms with Crippen LogP contribution in [-0.4, -0.2) is 20.9 Å². The van der Waals surface area contributed by atoms with Gasteiger partial charge >= 0.3 is 5.97 Å². The van der Waals surface area contributed by atoms with Crippen molar-refractivity contribution in [1.29, 1.82) is 0 Å². The minimum absolute atomic E-state index is 0.111. The summed E-state index contributed by atoms with van der Waals surface area (Å²) in [6, 6.07) is 13.2. The Labute approximate surface area is 142 Å². The first-order valence-corrected chi connectivity index (χ1v) is 8.95. The van der Waals surface area contributed by atoms with E-state index in [9.17, 15) is 13.2 Å². The normalized spacial score (nSPS) is 11.2. The summed E-state index contributed by atoms with van der Waals surface area (Å²) in [6.07, 6.45) is 0. The van der Waals surface area contributed by atoms with Crippen molar-refractivity contribution < 1.29 is 17.9 Å². The van der Waals surface area contributed by atoms with Crippen LogP contribution in [0, 0.1) is 10.5 Å². The second kappa shape index (κ2) is 7.21. The molecule has 22 heavy (non-hydrogen) atoms. The number of carbonyl (C=O) groups is 1. The lowest BCUT2D eigenvalue weighted by Crippen LogP contribution is -2.31. The lowest BCUT2D eigenvalue weighted by atomic mass is 10.2. The fourth-order valence-corrected chi connectivity index (χ4v) is 2.95. The van der Waals surface area contributed by atoms with Crippen LogP contribution in [-0.2, 0) is 14.8 Å². The molecule has 0 fully saturated rings. The number of hydrogen-bond acceptors (Lipinski definition) is 4. The summed E-state index contributed by atoms with van der Waals surface area (Å²) in [5, 5.41) is 0. The predicted octanol–water partition coefficient (Wildman–Crippen LogP) is 2.48. The quantitative estimate of drug-likeness (QED) is 0.449. The van der Waals surface area contributed by atoms with Crippen LogP contribution in [0.25, 0.3) is 0 Å². The van der Waals surface area contributed by atoms with E-state index in [1.807, 2.05) is 6.92 Å². The van der Waals surface area contributed by atoms with Gasteiger partial charge in [-0.2, -0.15) is 4.72 Å². The van der Waals surface area contributed by atoms with Gasteiger partial charge in [-0.15, -0.1) is 0 Å². The maximum absolute atomic E-state index is 12.0. The van der Waals surface area contributed by atoms with Gasteiger partial charge in [-0.1, -0.05) is 17.7 Å². The minimum atomic E-state index is -3.72. The number of esters is 1. The van der Waals surface area contributed by atoms with Gasteiger partial charge < -0.3 is 4.74 Å². The fraction of sp³-hybridized carbons (Fsp3) is 0.133. The lowest BCUT2D eigenvalue weighted by Gasteiger charge is -2.07. The van der Waals surface area contributed by atoms with Gasteiger partial charge in [0.05, 0.1) is 4.90 Å². The zero-order valence-corrected chi connectivity index (χ0v) is 14.7. The van der Waals surface area contributed by atoms with Gasteiger partial charge in [0.15, 0.2) is 0 Å². The molecule has 2 rings (SSSR count). The van der Waals surface area contributed by atoms with Gasteiger partial charge in [0.25, 0.3) is 0 Å². The van der Waals surface area contributed by atoms with E-state index in [0.29, 0.717) is 5.75 Å². The summed E-state index contributed by atoms with van der Waals surface area (Å²) in [5.41, 5.74) is 0.956. The molecule has 0 aliphatic carbocycles. The second-order valence-corrected chi connectivity index (χ2v) is 7.58. The molecule has 116 valence electrons. The average Bonchev–Trinajstić information content (AvgIpc) is 2.48. The molecule has 1 N–H and O–H groups in total. The topological polar surface area (TPSA) is 72.5 Å². The van der Waals surface area contributed by atoms with Gasteiger partial charge in [-0.05, 0) is 65.9 Å². The molecule has 0 amide bonds. The molecule has 0 aromatic heterocycles. The highest BCUT2D eigenvalue weighted by Gasteiger charge is 2.16. The Hall–Kier alpha value is -1.45. The summed E-state index contributed by atoms with van der Waals surface area (Å²) in [7, 11) is -3.72. The first-order valence-electron chi connectivity index (χ1n) is 6.39. The molecule has 5 nitrogen and oxygen atoms in total. The zero-order chi connectivity index (χ0) is 16.2. The summed E-state index contributed by atoms with van der Waals surface area (Å²) < 4.78 is 32.3. The van der Waals surface area contributed by atoms with Crippen LogP contribution in [0.1, 0.15) is 5.56 Å². The number of benzene rings is 2. The van der Waals surface area contributed by atoms with Gasteiger partial charge in [0.1, 0.15) is 12.3 Å². The Morgan fingerprint density at radius 2 is 1.68 bits per heavy atom. The molecule has 0 bridgehead atoms. The highest BCUT2D eigenvalue weighted by atomic mass is 127. The summed E-state index contributed by atoms with van der Waals surface area (Å²) in [5.74, 6) is -0.295. The molecule has 0 unspecified atom stereocenters. The largest absolute Gasteiger partial charge is 0.426 e. The molecular weight excluding hydrogens is 417 g/mol. The number of hydrogen-bond donors (Lipinski definition) is 1. The van der Waals surface area contributed by atoms with Crippen molar-refractivity contribution in [3.63, 3.8) is 0 Å². The monoisotopic (exact) mass is 431 g/mol. The molecule has 0 aliphatic heterocycles. The molecular formula is C15H14INO4S. The van der Waals surface area contributed by atoms with Gasteiger partial charge in [-0.25, -0.2) is 8.42 Å².